The first-order valence-electron chi connectivity index (χ1n) is 5.14. The first kappa shape index (κ1) is 11.6. The molecule has 0 aromatic carbocycles. The number of ether oxygens (including phenoxy) is 1. The molecule has 1 aromatic rings. The van der Waals surface area contributed by atoms with Crippen LogP contribution in [0, 0.1) is 0 Å². The van der Waals surface area contributed by atoms with Crippen molar-refractivity contribution in [2.75, 3.05) is 12.4 Å². The molecular formula is C12H18N2O. The topological polar surface area (TPSA) is 34.2 Å². The molecule has 0 saturated heterocycles. The number of aromatic nitrogens is 1. The quantitative estimate of drug-likeness (QED) is 0.727. The van der Waals surface area contributed by atoms with Gasteiger partial charge in [0.15, 0.2) is 0 Å². The third kappa shape index (κ3) is 3.62. The molecule has 0 fully saturated rings. The summed E-state index contributed by atoms with van der Waals surface area (Å²) >= 11 is 0. The van der Waals surface area contributed by atoms with Crippen LogP contribution in [0.15, 0.2) is 31.0 Å². The second-order valence-corrected chi connectivity index (χ2v) is 3.47. The molecule has 1 aromatic heterocycles. The van der Waals surface area contributed by atoms with E-state index in [9.17, 15) is 0 Å². The fraction of sp³-hybridized carbons (Fsp3) is 0.417. The number of nitrogens with zero attached hydrogens (tertiary/aromatic N) is 1. The van der Waals surface area contributed by atoms with Crippen molar-refractivity contribution >= 4 is 5.69 Å². The molecule has 1 N–H and O–H groups in total. The van der Waals surface area contributed by atoms with E-state index in [-0.39, 0.29) is 0 Å². The largest absolute Gasteiger partial charge is 0.480 e. The minimum Gasteiger partial charge on any atom is -0.480 e. The van der Waals surface area contributed by atoms with Crippen molar-refractivity contribution < 1.29 is 4.74 Å². The average Bonchev–Trinajstić information content (AvgIpc) is 2.27. The molecule has 0 aliphatic rings. The molecule has 0 radical (unpaired) electrons. The summed E-state index contributed by atoms with van der Waals surface area (Å²) in [6.07, 6.45) is 5.72. The summed E-state index contributed by atoms with van der Waals surface area (Å²) in [5, 5.41) is 3.36. The van der Waals surface area contributed by atoms with Gasteiger partial charge in [-0.05, 0) is 31.9 Å². The van der Waals surface area contributed by atoms with Crippen molar-refractivity contribution in [2.45, 2.75) is 25.8 Å². The van der Waals surface area contributed by atoms with Crippen molar-refractivity contribution in [1.82, 2.24) is 4.98 Å². The fourth-order valence-corrected chi connectivity index (χ4v) is 1.37. The van der Waals surface area contributed by atoms with Crippen LogP contribution in [0.2, 0.25) is 0 Å². The van der Waals surface area contributed by atoms with E-state index in [0.717, 1.165) is 18.5 Å². The average molecular weight is 206 g/mol. The normalized spacial score (nSPS) is 11.9. The van der Waals surface area contributed by atoms with Crippen molar-refractivity contribution in [3.05, 3.63) is 31.0 Å². The molecule has 1 unspecified atom stereocenters. The van der Waals surface area contributed by atoms with Crippen molar-refractivity contribution in [1.29, 1.82) is 0 Å². The van der Waals surface area contributed by atoms with Gasteiger partial charge in [0, 0.05) is 12.2 Å². The summed E-state index contributed by atoms with van der Waals surface area (Å²) < 4.78 is 5.16. The Labute approximate surface area is 91.2 Å². The lowest BCUT2D eigenvalue weighted by molar-refractivity contribution is 0.399. The van der Waals surface area contributed by atoms with Crippen LogP contribution in [0.3, 0.4) is 0 Å². The molecule has 1 heterocycles. The molecule has 0 aliphatic heterocycles. The third-order valence-corrected chi connectivity index (χ3v) is 2.17. The first-order valence-corrected chi connectivity index (χ1v) is 5.14. The zero-order valence-electron chi connectivity index (χ0n) is 9.36. The summed E-state index contributed by atoms with van der Waals surface area (Å²) in [4.78, 5) is 4.13. The maximum atomic E-state index is 5.16. The number of methoxy groups -OCH3 is 1. The van der Waals surface area contributed by atoms with E-state index in [4.69, 9.17) is 4.74 Å². The molecule has 1 rings (SSSR count). The van der Waals surface area contributed by atoms with E-state index < -0.39 is 0 Å². The summed E-state index contributed by atoms with van der Waals surface area (Å²) in [7, 11) is 1.63. The van der Waals surface area contributed by atoms with Crippen molar-refractivity contribution in [3.8, 4) is 5.88 Å². The summed E-state index contributed by atoms with van der Waals surface area (Å²) in [5.74, 6) is 0.642. The van der Waals surface area contributed by atoms with E-state index in [2.05, 4.69) is 23.8 Å². The van der Waals surface area contributed by atoms with Gasteiger partial charge in [0.25, 0.3) is 0 Å². The summed E-state index contributed by atoms with van der Waals surface area (Å²) in [5.41, 5.74) is 0.941. The Morgan fingerprint density at radius 2 is 2.47 bits per heavy atom. The first-order chi connectivity index (χ1) is 7.27. The van der Waals surface area contributed by atoms with Gasteiger partial charge in [0.2, 0.25) is 5.88 Å². The lowest BCUT2D eigenvalue weighted by Crippen LogP contribution is -2.15. The van der Waals surface area contributed by atoms with E-state index in [0.29, 0.717) is 11.9 Å². The Bertz CT molecular complexity index is 312. The number of allylic oxidation sites excluding steroid dienone is 1. The zero-order valence-corrected chi connectivity index (χ0v) is 9.36. The highest BCUT2D eigenvalue weighted by Crippen LogP contribution is 2.21. The van der Waals surface area contributed by atoms with Gasteiger partial charge in [-0.25, -0.2) is 4.98 Å². The van der Waals surface area contributed by atoms with Gasteiger partial charge >= 0.3 is 0 Å². The number of nitrogens with one attached hydrogen (secondary N) is 1. The number of hydrogen-bond acceptors (Lipinski definition) is 3. The van der Waals surface area contributed by atoms with Gasteiger partial charge in [-0.2, -0.15) is 0 Å². The molecule has 0 bridgehead atoms. The van der Waals surface area contributed by atoms with Crippen LogP contribution in [0.5, 0.6) is 5.88 Å². The lowest BCUT2D eigenvalue weighted by Gasteiger charge is -2.15. The number of pyridine rings is 1. The van der Waals surface area contributed by atoms with Crippen LogP contribution in [0.4, 0.5) is 5.69 Å². The van der Waals surface area contributed by atoms with Crippen LogP contribution >= 0.6 is 0 Å². The molecule has 3 nitrogen and oxygen atoms in total. The van der Waals surface area contributed by atoms with Gasteiger partial charge < -0.3 is 10.1 Å². The monoisotopic (exact) mass is 206 g/mol. The molecule has 0 aliphatic carbocycles. The highest BCUT2D eigenvalue weighted by Gasteiger charge is 2.06. The summed E-state index contributed by atoms with van der Waals surface area (Å²) in [6, 6.07) is 4.25. The van der Waals surface area contributed by atoms with Gasteiger partial charge in [0.1, 0.15) is 0 Å². The lowest BCUT2D eigenvalue weighted by atomic mass is 10.2. The second kappa shape index (κ2) is 6.06. The SMILES string of the molecule is C=CCCC(C)Nc1cccnc1OC. The standard InChI is InChI=1S/C12H18N2O/c1-4-5-7-10(2)14-11-8-6-9-13-12(11)15-3/h4,6,8-10,14H,1,5,7H2,2-3H3. The number of rotatable bonds is 6. The fourth-order valence-electron chi connectivity index (χ4n) is 1.37. The summed E-state index contributed by atoms with van der Waals surface area (Å²) in [6.45, 7) is 5.84. The maximum absolute atomic E-state index is 5.16. The highest BCUT2D eigenvalue weighted by atomic mass is 16.5. The number of hydrogen-bond donors (Lipinski definition) is 1. The van der Waals surface area contributed by atoms with Crippen molar-refractivity contribution in [2.24, 2.45) is 0 Å². The van der Waals surface area contributed by atoms with Gasteiger partial charge in [-0.1, -0.05) is 6.08 Å². The maximum Gasteiger partial charge on any atom is 0.237 e. The molecular weight excluding hydrogens is 188 g/mol. The van der Waals surface area contributed by atoms with Crippen LogP contribution in [-0.4, -0.2) is 18.1 Å². The molecule has 0 amide bonds. The van der Waals surface area contributed by atoms with Gasteiger partial charge in [0.05, 0.1) is 12.8 Å². The minimum atomic E-state index is 0.390. The molecule has 15 heavy (non-hydrogen) atoms. The Morgan fingerprint density at radius 1 is 1.67 bits per heavy atom. The van der Waals surface area contributed by atoms with Gasteiger partial charge in [-0.15, -0.1) is 6.58 Å². The van der Waals surface area contributed by atoms with Crippen LogP contribution < -0.4 is 10.1 Å². The van der Waals surface area contributed by atoms with E-state index in [1.165, 1.54) is 0 Å². The predicted molar refractivity (Wildman–Crippen MR) is 63.3 cm³/mol. The Balaban J connectivity index is 2.58. The van der Waals surface area contributed by atoms with Crippen LogP contribution in [0.25, 0.3) is 0 Å². The van der Waals surface area contributed by atoms with E-state index in [1.807, 2.05) is 18.2 Å². The molecule has 1 atom stereocenters. The Morgan fingerprint density at radius 3 is 3.13 bits per heavy atom. The Hall–Kier alpha value is -1.51. The van der Waals surface area contributed by atoms with E-state index >= 15 is 0 Å². The van der Waals surface area contributed by atoms with Crippen molar-refractivity contribution in [3.63, 3.8) is 0 Å². The molecule has 82 valence electrons. The molecule has 0 spiro atoms. The smallest absolute Gasteiger partial charge is 0.237 e. The van der Waals surface area contributed by atoms with Gasteiger partial charge in [-0.3, -0.25) is 0 Å². The van der Waals surface area contributed by atoms with E-state index in [1.54, 1.807) is 13.3 Å². The Kier molecular flexibility index (Phi) is 4.68. The molecule has 3 heteroatoms. The molecule has 0 saturated carbocycles. The third-order valence-electron chi connectivity index (χ3n) is 2.17. The predicted octanol–water partition coefficient (Wildman–Crippen LogP) is 2.86. The van der Waals surface area contributed by atoms with Crippen LogP contribution in [0.1, 0.15) is 19.8 Å². The van der Waals surface area contributed by atoms with Crippen LogP contribution in [-0.2, 0) is 0 Å². The second-order valence-electron chi connectivity index (χ2n) is 3.47. The minimum absolute atomic E-state index is 0.390. The zero-order chi connectivity index (χ0) is 11.1. The highest BCUT2D eigenvalue weighted by molar-refractivity contribution is 5.52. The number of anilines is 1.